The van der Waals surface area contributed by atoms with Crippen LogP contribution in [0.3, 0.4) is 0 Å². The molecule has 1 aromatic heterocycles. The maximum Gasteiger partial charge on any atom is 0.153 e. The molecule has 1 unspecified atom stereocenters. The van der Waals surface area contributed by atoms with Crippen molar-refractivity contribution in [3.63, 3.8) is 0 Å². The lowest BCUT2D eigenvalue weighted by Crippen LogP contribution is -2.26. The van der Waals surface area contributed by atoms with Crippen molar-refractivity contribution in [3.05, 3.63) is 18.0 Å². The normalized spacial score (nSPS) is 29.5. The highest BCUT2D eigenvalue weighted by molar-refractivity contribution is 7.91. The first-order valence-corrected chi connectivity index (χ1v) is 6.73. The van der Waals surface area contributed by atoms with Crippen LogP contribution in [-0.2, 0) is 22.0 Å². The van der Waals surface area contributed by atoms with Gasteiger partial charge in [-0.25, -0.2) is 8.42 Å². The van der Waals surface area contributed by atoms with Crippen molar-refractivity contribution < 1.29 is 13.5 Å². The van der Waals surface area contributed by atoms with Crippen LogP contribution in [0.1, 0.15) is 18.9 Å². The van der Waals surface area contributed by atoms with Crippen LogP contribution in [0, 0.1) is 0 Å². The van der Waals surface area contributed by atoms with Crippen molar-refractivity contribution in [2.75, 3.05) is 11.5 Å². The van der Waals surface area contributed by atoms with Crippen molar-refractivity contribution >= 4 is 9.84 Å². The summed E-state index contributed by atoms with van der Waals surface area (Å²) in [6, 6.07) is 0. The van der Waals surface area contributed by atoms with Gasteiger partial charge in [-0.2, -0.15) is 5.10 Å². The zero-order valence-electron chi connectivity index (χ0n) is 8.55. The molecular formula is C9H14N2O3S. The van der Waals surface area contributed by atoms with Crippen molar-refractivity contribution in [1.82, 2.24) is 9.78 Å². The molecule has 0 radical (unpaired) electrons. The monoisotopic (exact) mass is 230 g/mol. The average molecular weight is 230 g/mol. The Morgan fingerprint density at radius 1 is 1.67 bits per heavy atom. The number of nitrogens with zero attached hydrogens (tertiary/aromatic N) is 2. The number of aryl methyl sites for hydroxylation is 1. The Labute approximate surface area is 88.6 Å². The standard InChI is InChI=1S/C9H14N2O3S/c1-2-11-6-8(5-10-11)9(12)3-4-15(13,14)7-9/h5-6,12H,2-4,7H2,1H3. The van der Waals surface area contributed by atoms with Gasteiger partial charge in [-0.05, 0) is 13.3 Å². The van der Waals surface area contributed by atoms with E-state index >= 15 is 0 Å². The molecule has 1 saturated heterocycles. The van der Waals surface area contributed by atoms with Crippen molar-refractivity contribution in [1.29, 1.82) is 0 Å². The predicted molar refractivity (Wildman–Crippen MR) is 55.1 cm³/mol. The highest BCUT2D eigenvalue weighted by Crippen LogP contribution is 2.32. The molecule has 1 aliphatic heterocycles. The largest absolute Gasteiger partial charge is 0.384 e. The Kier molecular flexibility index (Phi) is 2.35. The first kappa shape index (κ1) is 10.6. The first-order valence-electron chi connectivity index (χ1n) is 4.91. The van der Waals surface area contributed by atoms with Gasteiger partial charge in [0, 0.05) is 18.3 Å². The van der Waals surface area contributed by atoms with Gasteiger partial charge in [-0.15, -0.1) is 0 Å². The van der Waals surface area contributed by atoms with E-state index in [1.54, 1.807) is 17.1 Å². The molecule has 2 rings (SSSR count). The minimum absolute atomic E-state index is 0.0564. The smallest absolute Gasteiger partial charge is 0.153 e. The molecule has 0 bridgehead atoms. The summed E-state index contributed by atoms with van der Waals surface area (Å²) in [6.07, 6.45) is 3.52. The molecule has 5 nitrogen and oxygen atoms in total. The maximum atomic E-state index is 11.3. The van der Waals surface area contributed by atoms with Gasteiger partial charge in [0.1, 0.15) is 5.60 Å². The number of aliphatic hydroxyl groups is 1. The van der Waals surface area contributed by atoms with Crippen molar-refractivity contribution in [3.8, 4) is 0 Å². The molecule has 6 heteroatoms. The van der Waals surface area contributed by atoms with Crippen LogP contribution < -0.4 is 0 Å². The molecule has 2 heterocycles. The van der Waals surface area contributed by atoms with E-state index in [1.165, 1.54) is 0 Å². The molecule has 1 N–H and O–H groups in total. The lowest BCUT2D eigenvalue weighted by molar-refractivity contribution is 0.0652. The molecular weight excluding hydrogens is 216 g/mol. The molecule has 15 heavy (non-hydrogen) atoms. The molecule has 0 spiro atoms. The van der Waals surface area contributed by atoms with Gasteiger partial charge in [0.25, 0.3) is 0 Å². The Bertz CT molecular complexity index is 465. The Hall–Kier alpha value is -0.880. The third-order valence-electron chi connectivity index (χ3n) is 2.78. The summed E-state index contributed by atoms with van der Waals surface area (Å²) in [6.45, 7) is 2.65. The van der Waals surface area contributed by atoms with Crippen LogP contribution in [0.4, 0.5) is 0 Å². The summed E-state index contributed by atoms with van der Waals surface area (Å²) in [7, 11) is -3.09. The van der Waals surface area contributed by atoms with E-state index < -0.39 is 15.4 Å². The topological polar surface area (TPSA) is 72.2 Å². The molecule has 1 aromatic rings. The quantitative estimate of drug-likeness (QED) is 0.770. The second kappa shape index (κ2) is 3.31. The molecule has 0 saturated carbocycles. The number of hydrogen-bond acceptors (Lipinski definition) is 4. The van der Waals surface area contributed by atoms with E-state index in [0.717, 1.165) is 0 Å². The molecule has 1 fully saturated rings. The number of sulfone groups is 1. The highest BCUT2D eigenvalue weighted by Gasteiger charge is 2.42. The van der Waals surface area contributed by atoms with Crippen LogP contribution in [0.15, 0.2) is 12.4 Å². The minimum Gasteiger partial charge on any atom is -0.384 e. The SMILES string of the molecule is CCn1cc(C2(O)CCS(=O)(=O)C2)cn1. The molecule has 0 aromatic carbocycles. The fourth-order valence-electron chi connectivity index (χ4n) is 1.84. The summed E-state index contributed by atoms with van der Waals surface area (Å²) < 4.78 is 24.3. The third-order valence-corrected chi connectivity index (χ3v) is 4.52. The maximum absolute atomic E-state index is 11.3. The first-order chi connectivity index (χ1) is 6.95. The zero-order chi connectivity index (χ0) is 11.1. The van der Waals surface area contributed by atoms with Crippen molar-refractivity contribution in [2.24, 2.45) is 0 Å². The van der Waals surface area contributed by atoms with Gasteiger partial charge < -0.3 is 5.11 Å². The van der Waals surface area contributed by atoms with Gasteiger partial charge in [0.05, 0.1) is 17.7 Å². The van der Waals surface area contributed by atoms with E-state index in [4.69, 9.17) is 0 Å². The molecule has 0 aliphatic carbocycles. The van der Waals surface area contributed by atoms with Gasteiger partial charge in [0.2, 0.25) is 0 Å². The van der Waals surface area contributed by atoms with E-state index in [0.29, 0.717) is 12.1 Å². The third kappa shape index (κ3) is 1.91. The van der Waals surface area contributed by atoms with E-state index in [1.807, 2.05) is 6.92 Å². The fourth-order valence-corrected chi connectivity index (χ4v) is 3.67. The summed E-state index contributed by atoms with van der Waals surface area (Å²) in [4.78, 5) is 0. The van der Waals surface area contributed by atoms with Gasteiger partial charge in [-0.3, -0.25) is 4.68 Å². The van der Waals surface area contributed by atoms with Crippen molar-refractivity contribution in [2.45, 2.75) is 25.5 Å². The average Bonchev–Trinajstić information content (AvgIpc) is 2.71. The summed E-state index contributed by atoms with van der Waals surface area (Å²) in [5.41, 5.74) is -0.628. The molecule has 84 valence electrons. The minimum atomic E-state index is -3.09. The number of hydrogen-bond donors (Lipinski definition) is 1. The van der Waals surface area contributed by atoms with Gasteiger partial charge in [0.15, 0.2) is 9.84 Å². The second-order valence-electron chi connectivity index (χ2n) is 3.96. The Morgan fingerprint density at radius 3 is 2.87 bits per heavy atom. The molecule has 1 aliphatic rings. The van der Waals surface area contributed by atoms with Gasteiger partial charge >= 0.3 is 0 Å². The second-order valence-corrected chi connectivity index (χ2v) is 6.14. The van der Waals surface area contributed by atoms with E-state index in [-0.39, 0.29) is 17.9 Å². The van der Waals surface area contributed by atoms with Crippen LogP contribution in [-0.4, -0.2) is 34.8 Å². The van der Waals surface area contributed by atoms with Crippen LogP contribution >= 0.6 is 0 Å². The van der Waals surface area contributed by atoms with Gasteiger partial charge in [-0.1, -0.05) is 0 Å². The number of rotatable bonds is 2. The fraction of sp³-hybridized carbons (Fsp3) is 0.667. The summed E-state index contributed by atoms with van der Waals surface area (Å²) in [5.74, 6) is -0.129. The van der Waals surface area contributed by atoms with Crippen LogP contribution in [0.25, 0.3) is 0 Å². The van der Waals surface area contributed by atoms with Crippen LogP contribution in [0.2, 0.25) is 0 Å². The Morgan fingerprint density at radius 2 is 2.40 bits per heavy atom. The zero-order valence-corrected chi connectivity index (χ0v) is 9.37. The molecule has 0 amide bonds. The predicted octanol–water partition coefficient (Wildman–Crippen LogP) is -0.0909. The number of aromatic nitrogens is 2. The Balaban J connectivity index is 2.31. The van der Waals surface area contributed by atoms with Crippen LogP contribution in [0.5, 0.6) is 0 Å². The van der Waals surface area contributed by atoms with E-state index in [9.17, 15) is 13.5 Å². The highest BCUT2D eigenvalue weighted by atomic mass is 32.2. The lowest BCUT2D eigenvalue weighted by atomic mass is 9.97. The van der Waals surface area contributed by atoms with E-state index in [2.05, 4.69) is 5.10 Å². The lowest BCUT2D eigenvalue weighted by Gasteiger charge is -2.18. The molecule has 1 atom stereocenters. The summed E-state index contributed by atoms with van der Waals surface area (Å²) in [5, 5.41) is 14.2. The summed E-state index contributed by atoms with van der Waals surface area (Å²) >= 11 is 0.